The van der Waals surface area contributed by atoms with E-state index >= 15 is 0 Å². The van der Waals surface area contributed by atoms with E-state index in [0.717, 1.165) is 16.4 Å². The first kappa shape index (κ1) is 13.9. The second-order valence-corrected chi connectivity index (χ2v) is 6.03. The molecule has 0 saturated carbocycles. The lowest BCUT2D eigenvalue weighted by atomic mass is 10.2. The molecule has 0 aliphatic carbocycles. The van der Waals surface area contributed by atoms with E-state index < -0.39 is 0 Å². The van der Waals surface area contributed by atoms with E-state index in [0.29, 0.717) is 5.82 Å². The molecule has 19 heavy (non-hydrogen) atoms. The zero-order valence-electron chi connectivity index (χ0n) is 11.8. The number of hydrogen-bond donors (Lipinski definition) is 1. The van der Waals surface area contributed by atoms with Crippen molar-refractivity contribution in [3.63, 3.8) is 0 Å². The van der Waals surface area contributed by atoms with Gasteiger partial charge in [0.05, 0.1) is 0 Å². The van der Waals surface area contributed by atoms with Gasteiger partial charge in [0.2, 0.25) is 0 Å². The Hall–Kier alpha value is -1.55. The van der Waals surface area contributed by atoms with Crippen LogP contribution in [0.1, 0.15) is 36.7 Å². The highest BCUT2D eigenvalue weighted by atomic mass is 32.2. The van der Waals surface area contributed by atoms with Crippen molar-refractivity contribution >= 4 is 17.6 Å². The molecule has 0 bridgehead atoms. The van der Waals surface area contributed by atoms with Crippen molar-refractivity contribution in [3.8, 4) is 0 Å². The van der Waals surface area contributed by atoms with Crippen molar-refractivity contribution < 1.29 is 0 Å². The number of nitrogen functional groups attached to an aromatic ring is 1. The average Bonchev–Trinajstić information content (AvgIpc) is 2.37. The molecule has 3 nitrogen and oxygen atoms in total. The zero-order valence-corrected chi connectivity index (χ0v) is 12.6. The van der Waals surface area contributed by atoms with E-state index in [1.807, 2.05) is 6.92 Å². The lowest BCUT2D eigenvalue weighted by Gasteiger charge is -2.11. The van der Waals surface area contributed by atoms with Crippen LogP contribution in [-0.2, 0) is 0 Å². The van der Waals surface area contributed by atoms with Gasteiger partial charge in [-0.25, -0.2) is 9.97 Å². The maximum Gasteiger partial charge on any atom is 0.134 e. The van der Waals surface area contributed by atoms with Crippen LogP contribution in [0.25, 0.3) is 0 Å². The van der Waals surface area contributed by atoms with Gasteiger partial charge in [0.15, 0.2) is 0 Å². The van der Waals surface area contributed by atoms with Crippen LogP contribution in [0.15, 0.2) is 34.2 Å². The van der Waals surface area contributed by atoms with Crippen LogP contribution in [0.2, 0.25) is 0 Å². The van der Waals surface area contributed by atoms with Crippen LogP contribution < -0.4 is 5.73 Å². The SMILES string of the molecule is Cc1ccc(Sc2nc(C(C)C)nc(N)c2C)cc1. The summed E-state index contributed by atoms with van der Waals surface area (Å²) >= 11 is 1.64. The van der Waals surface area contributed by atoms with E-state index in [1.165, 1.54) is 10.5 Å². The monoisotopic (exact) mass is 273 g/mol. The molecule has 0 atom stereocenters. The average molecular weight is 273 g/mol. The Morgan fingerprint density at radius 3 is 2.26 bits per heavy atom. The highest BCUT2D eigenvalue weighted by molar-refractivity contribution is 7.99. The van der Waals surface area contributed by atoms with Gasteiger partial charge in [-0.1, -0.05) is 43.3 Å². The number of anilines is 1. The smallest absolute Gasteiger partial charge is 0.134 e. The minimum Gasteiger partial charge on any atom is -0.383 e. The van der Waals surface area contributed by atoms with E-state index in [4.69, 9.17) is 5.73 Å². The Morgan fingerprint density at radius 2 is 1.68 bits per heavy atom. The van der Waals surface area contributed by atoms with Gasteiger partial charge in [0, 0.05) is 16.4 Å². The molecule has 1 aromatic heterocycles. The fourth-order valence-electron chi connectivity index (χ4n) is 1.61. The summed E-state index contributed by atoms with van der Waals surface area (Å²) in [7, 11) is 0. The molecule has 0 aliphatic heterocycles. The minimum absolute atomic E-state index is 0.278. The van der Waals surface area contributed by atoms with Crippen LogP contribution in [0.3, 0.4) is 0 Å². The van der Waals surface area contributed by atoms with Crippen LogP contribution >= 0.6 is 11.8 Å². The van der Waals surface area contributed by atoms with Gasteiger partial charge in [0.1, 0.15) is 16.7 Å². The summed E-state index contributed by atoms with van der Waals surface area (Å²) in [6, 6.07) is 8.41. The predicted octanol–water partition coefficient (Wildman–Crippen LogP) is 3.95. The minimum atomic E-state index is 0.278. The molecule has 0 unspecified atom stereocenters. The molecule has 0 aliphatic rings. The molecule has 0 amide bonds. The number of nitrogens with two attached hydrogens (primary N) is 1. The van der Waals surface area contributed by atoms with E-state index in [9.17, 15) is 0 Å². The lowest BCUT2D eigenvalue weighted by Crippen LogP contribution is -2.05. The molecule has 0 saturated heterocycles. The van der Waals surface area contributed by atoms with Crippen LogP contribution in [0.4, 0.5) is 5.82 Å². The molecule has 100 valence electrons. The van der Waals surface area contributed by atoms with Gasteiger partial charge in [-0.05, 0) is 26.0 Å². The number of rotatable bonds is 3. The summed E-state index contributed by atoms with van der Waals surface area (Å²) in [6.45, 7) is 8.20. The van der Waals surface area contributed by atoms with Gasteiger partial charge < -0.3 is 5.73 Å². The third-order valence-electron chi connectivity index (χ3n) is 2.91. The first-order chi connectivity index (χ1) is 8.97. The highest BCUT2D eigenvalue weighted by Crippen LogP contribution is 2.31. The Kier molecular flexibility index (Phi) is 4.10. The zero-order chi connectivity index (χ0) is 14.0. The van der Waals surface area contributed by atoms with Crippen molar-refractivity contribution in [1.29, 1.82) is 0 Å². The van der Waals surface area contributed by atoms with Crippen molar-refractivity contribution in [2.24, 2.45) is 0 Å². The van der Waals surface area contributed by atoms with E-state index in [2.05, 4.69) is 55.0 Å². The Labute approximate surface area is 118 Å². The molecular formula is C15H19N3S. The fourth-order valence-corrected chi connectivity index (χ4v) is 2.50. The Morgan fingerprint density at radius 1 is 1.05 bits per heavy atom. The summed E-state index contributed by atoms with van der Waals surface area (Å²) in [6.07, 6.45) is 0. The third-order valence-corrected chi connectivity index (χ3v) is 4.01. The van der Waals surface area contributed by atoms with Gasteiger partial charge in [0.25, 0.3) is 0 Å². The van der Waals surface area contributed by atoms with Crippen molar-refractivity contribution in [1.82, 2.24) is 9.97 Å². The van der Waals surface area contributed by atoms with Gasteiger partial charge in [-0.2, -0.15) is 0 Å². The molecule has 0 spiro atoms. The van der Waals surface area contributed by atoms with Crippen molar-refractivity contribution in [2.75, 3.05) is 5.73 Å². The fraction of sp³-hybridized carbons (Fsp3) is 0.333. The lowest BCUT2D eigenvalue weighted by molar-refractivity contribution is 0.751. The molecule has 2 N–H and O–H groups in total. The largest absolute Gasteiger partial charge is 0.383 e. The first-order valence-corrected chi connectivity index (χ1v) is 7.17. The summed E-state index contributed by atoms with van der Waals surface area (Å²) in [5.74, 6) is 1.66. The molecule has 4 heteroatoms. The van der Waals surface area contributed by atoms with E-state index in [-0.39, 0.29) is 5.92 Å². The van der Waals surface area contributed by atoms with Crippen LogP contribution in [-0.4, -0.2) is 9.97 Å². The molecular weight excluding hydrogens is 254 g/mol. The molecule has 2 aromatic rings. The normalized spacial score (nSPS) is 11.0. The number of nitrogens with zero attached hydrogens (tertiary/aromatic N) is 2. The summed E-state index contributed by atoms with van der Waals surface area (Å²) in [5.41, 5.74) is 8.18. The quantitative estimate of drug-likeness (QED) is 0.860. The Balaban J connectivity index is 2.36. The maximum absolute atomic E-state index is 5.97. The van der Waals surface area contributed by atoms with Crippen molar-refractivity contribution in [3.05, 3.63) is 41.2 Å². The number of hydrogen-bond acceptors (Lipinski definition) is 4. The Bertz CT molecular complexity index is 577. The van der Waals surface area contributed by atoms with Gasteiger partial charge in [-0.15, -0.1) is 0 Å². The molecule has 0 radical (unpaired) electrons. The summed E-state index contributed by atoms with van der Waals surface area (Å²) in [5, 5.41) is 0.944. The van der Waals surface area contributed by atoms with Gasteiger partial charge >= 0.3 is 0 Å². The third kappa shape index (κ3) is 3.26. The van der Waals surface area contributed by atoms with Crippen LogP contribution in [0.5, 0.6) is 0 Å². The van der Waals surface area contributed by atoms with E-state index in [1.54, 1.807) is 11.8 Å². The maximum atomic E-state index is 5.97. The van der Waals surface area contributed by atoms with Gasteiger partial charge in [-0.3, -0.25) is 0 Å². The summed E-state index contributed by atoms with van der Waals surface area (Å²) in [4.78, 5) is 10.1. The molecule has 2 rings (SSSR count). The highest BCUT2D eigenvalue weighted by Gasteiger charge is 2.12. The molecule has 1 heterocycles. The second-order valence-electron chi connectivity index (χ2n) is 4.97. The number of benzene rings is 1. The number of aromatic nitrogens is 2. The second kappa shape index (κ2) is 5.61. The summed E-state index contributed by atoms with van der Waals surface area (Å²) < 4.78 is 0. The number of aryl methyl sites for hydroxylation is 1. The first-order valence-electron chi connectivity index (χ1n) is 6.36. The molecule has 1 aromatic carbocycles. The van der Waals surface area contributed by atoms with Crippen LogP contribution in [0, 0.1) is 13.8 Å². The predicted molar refractivity (Wildman–Crippen MR) is 80.6 cm³/mol. The topological polar surface area (TPSA) is 51.8 Å². The van der Waals surface area contributed by atoms with Crippen molar-refractivity contribution in [2.45, 2.75) is 43.5 Å². The standard InChI is InChI=1S/C15H19N3S/c1-9(2)14-17-13(16)11(4)15(18-14)19-12-7-5-10(3)6-8-12/h5-9H,1-4H3,(H2,16,17,18). The molecule has 0 fully saturated rings.